The van der Waals surface area contributed by atoms with Gasteiger partial charge < -0.3 is 4.74 Å². The predicted molar refractivity (Wildman–Crippen MR) is 66.3 cm³/mol. The highest BCUT2D eigenvalue weighted by Crippen LogP contribution is 2.22. The molecule has 0 N–H and O–H groups in total. The predicted octanol–water partition coefficient (Wildman–Crippen LogP) is 4.00. The topological polar surface area (TPSA) is 26.3 Å². The van der Waals surface area contributed by atoms with Gasteiger partial charge in [0.15, 0.2) is 0 Å². The number of hydrogen-bond donors (Lipinski definition) is 0. The maximum absolute atomic E-state index is 11.1. The number of rotatable bonds is 8. The number of ether oxygens (including phenoxy) is 1. The minimum absolute atomic E-state index is 0.0407. The first kappa shape index (κ1) is 13.3. The molecule has 0 aromatic carbocycles. The molecule has 0 aliphatic heterocycles. The quantitative estimate of drug-likeness (QED) is 0.354. The Morgan fingerprint density at radius 3 is 2.81 bits per heavy atom. The molecular weight excluding hydrogens is 200 g/mol. The highest BCUT2D eigenvalue weighted by Gasteiger charge is 2.04. The average molecular weight is 224 g/mol. The second-order valence-corrected chi connectivity index (χ2v) is 4.47. The Labute approximate surface area is 99.1 Å². The van der Waals surface area contributed by atoms with Crippen LogP contribution in [-0.2, 0) is 9.53 Å². The summed E-state index contributed by atoms with van der Waals surface area (Å²) in [5.74, 6) is -0.0407. The van der Waals surface area contributed by atoms with Crippen molar-refractivity contribution < 1.29 is 9.53 Å². The summed E-state index contributed by atoms with van der Waals surface area (Å²) >= 11 is 0. The molecule has 0 unspecified atom stereocenters. The maximum atomic E-state index is 11.1. The van der Waals surface area contributed by atoms with Crippen LogP contribution in [-0.4, -0.2) is 12.6 Å². The third-order valence-electron chi connectivity index (χ3n) is 3.07. The fourth-order valence-corrected chi connectivity index (χ4v) is 2.17. The number of allylic oxidation sites excluding steroid dienone is 2. The van der Waals surface area contributed by atoms with Gasteiger partial charge in [0.25, 0.3) is 0 Å². The first-order valence-electron chi connectivity index (χ1n) is 6.66. The second kappa shape index (κ2) is 8.37. The van der Waals surface area contributed by atoms with Gasteiger partial charge >= 0.3 is 5.97 Å². The van der Waals surface area contributed by atoms with Gasteiger partial charge in [-0.3, -0.25) is 4.79 Å². The lowest BCUT2D eigenvalue weighted by Crippen LogP contribution is -2.03. The first-order chi connectivity index (χ1) is 7.83. The maximum Gasteiger partial charge on any atom is 0.305 e. The lowest BCUT2D eigenvalue weighted by molar-refractivity contribution is -0.143. The van der Waals surface area contributed by atoms with Gasteiger partial charge in [-0.2, -0.15) is 0 Å². The molecular formula is C14H24O2. The van der Waals surface area contributed by atoms with Crippen molar-refractivity contribution in [1.82, 2.24) is 0 Å². The van der Waals surface area contributed by atoms with Crippen molar-refractivity contribution in [2.45, 2.75) is 64.7 Å². The van der Waals surface area contributed by atoms with Gasteiger partial charge in [-0.05, 0) is 45.4 Å². The van der Waals surface area contributed by atoms with E-state index in [1.54, 1.807) is 5.57 Å². The van der Waals surface area contributed by atoms with E-state index in [1.165, 1.54) is 38.5 Å². The molecule has 0 saturated heterocycles. The Morgan fingerprint density at radius 2 is 2.12 bits per heavy atom. The fraction of sp³-hybridized carbons (Fsp3) is 0.786. The monoisotopic (exact) mass is 224 g/mol. The van der Waals surface area contributed by atoms with E-state index in [4.69, 9.17) is 4.74 Å². The molecule has 92 valence electrons. The minimum atomic E-state index is -0.0407. The van der Waals surface area contributed by atoms with Gasteiger partial charge in [0.1, 0.15) is 0 Å². The molecule has 0 spiro atoms. The van der Waals surface area contributed by atoms with Crippen LogP contribution in [0.2, 0.25) is 0 Å². The van der Waals surface area contributed by atoms with Gasteiger partial charge in [0.05, 0.1) is 6.61 Å². The van der Waals surface area contributed by atoms with Gasteiger partial charge in [-0.15, -0.1) is 0 Å². The summed E-state index contributed by atoms with van der Waals surface area (Å²) < 4.78 is 4.88. The largest absolute Gasteiger partial charge is 0.466 e. The molecule has 0 radical (unpaired) electrons. The molecule has 0 bridgehead atoms. The normalized spacial score (nSPS) is 14.9. The van der Waals surface area contributed by atoms with Crippen molar-refractivity contribution >= 4 is 5.97 Å². The Kier molecular flexibility index (Phi) is 6.95. The standard InChI is InChI=1S/C14H24O2/c1-2-16-14(15)12-6-4-3-5-9-13-10-7-8-11-13/h10H,2-9,11-12H2,1H3. The molecule has 0 aromatic rings. The van der Waals surface area contributed by atoms with Crippen LogP contribution in [0.3, 0.4) is 0 Å². The Morgan fingerprint density at radius 1 is 1.31 bits per heavy atom. The lowest BCUT2D eigenvalue weighted by atomic mass is 10.1. The SMILES string of the molecule is CCOC(=O)CCCCCCC1=CCCC1. The summed E-state index contributed by atoms with van der Waals surface area (Å²) in [7, 11) is 0. The van der Waals surface area contributed by atoms with Crippen molar-refractivity contribution in [3.8, 4) is 0 Å². The molecule has 0 saturated carbocycles. The number of esters is 1. The summed E-state index contributed by atoms with van der Waals surface area (Å²) in [6.07, 6.45) is 12.9. The third kappa shape index (κ3) is 5.94. The number of hydrogen-bond acceptors (Lipinski definition) is 2. The molecule has 0 aromatic heterocycles. The molecule has 0 fully saturated rings. The van der Waals surface area contributed by atoms with Gasteiger partial charge in [-0.25, -0.2) is 0 Å². The van der Waals surface area contributed by atoms with Gasteiger partial charge in [-0.1, -0.05) is 24.5 Å². The summed E-state index contributed by atoms with van der Waals surface area (Å²) in [5.41, 5.74) is 1.66. The number of unbranched alkanes of at least 4 members (excludes halogenated alkanes) is 3. The molecule has 1 aliphatic carbocycles. The number of carbonyl (C=O) groups excluding carboxylic acids is 1. The lowest BCUT2D eigenvalue weighted by Gasteiger charge is -2.03. The van der Waals surface area contributed by atoms with Crippen molar-refractivity contribution in [3.63, 3.8) is 0 Å². The van der Waals surface area contributed by atoms with Crippen LogP contribution in [0.4, 0.5) is 0 Å². The molecule has 1 aliphatic rings. The van der Waals surface area contributed by atoms with E-state index in [1.807, 2.05) is 6.92 Å². The van der Waals surface area contributed by atoms with Crippen LogP contribution in [0.1, 0.15) is 64.7 Å². The third-order valence-corrected chi connectivity index (χ3v) is 3.07. The van der Waals surface area contributed by atoms with E-state index < -0.39 is 0 Å². The van der Waals surface area contributed by atoms with Gasteiger partial charge in [0.2, 0.25) is 0 Å². The second-order valence-electron chi connectivity index (χ2n) is 4.47. The summed E-state index contributed by atoms with van der Waals surface area (Å²) in [5, 5.41) is 0. The van der Waals surface area contributed by atoms with Crippen LogP contribution in [0.5, 0.6) is 0 Å². The van der Waals surface area contributed by atoms with E-state index >= 15 is 0 Å². The highest BCUT2D eigenvalue weighted by atomic mass is 16.5. The minimum Gasteiger partial charge on any atom is -0.466 e. The van der Waals surface area contributed by atoms with E-state index in [-0.39, 0.29) is 5.97 Å². The molecule has 1 rings (SSSR count). The van der Waals surface area contributed by atoms with Crippen LogP contribution in [0, 0.1) is 0 Å². The molecule has 0 amide bonds. The molecule has 2 nitrogen and oxygen atoms in total. The van der Waals surface area contributed by atoms with E-state index in [2.05, 4.69) is 6.08 Å². The van der Waals surface area contributed by atoms with Crippen LogP contribution in [0.25, 0.3) is 0 Å². The Hall–Kier alpha value is -0.790. The van der Waals surface area contributed by atoms with Crippen molar-refractivity contribution in [3.05, 3.63) is 11.6 Å². The summed E-state index contributed by atoms with van der Waals surface area (Å²) in [4.78, 5) is 11.1. The van der Waals surface area contributed by atoms with Crippen molar-refractivity contribution in [1.29, 1.82) is 0 Å². The van der Waals surface area contributed by atoms with Crippen molar-refractivity contribution in [2.75, 3.05) is 6.61 Å². The van der Waals surface area contributed by atoms with E-state index in [0.29, 0.717) is 13.0 Å². The average Bonchev–Trinajstić information content (AvgIpc) is 2.76. The Balaban J connectivity index is 1.86. The number of carbonyl (C=O) groups is 1. The van der Waals surface area contributed by atoms with Gasteiger partial charge in [0, 0.05) is 6.42 Å². The Bertz CT molecular complexity index is 231. The van der Waals surface area contributed by atoms with Crippen LogP contribution < -0.4 is 0 Å². The smallest absolute Gasteiger partial charge is 0.305 e. The van der Waals surface area contributed by atoms with E-state index in [0.717, 1.165) is 12.8 Å². The first-order valence-corrected chi connectivity index (χ1v) is 6.66. The van der Waals surface area contributed by atoms with Crippen molar-refractivity contribution in [2.24, 2.45) is 0 Å². The van der Waals surface area contributed by atoms with Crippen LogP contribution >= 0.6 is 0 Å². The summed E-state index contributed by atoms with van der Waals surface area (Å²) in [6.45, 7) is 2.36. The summed E-state index contributed by atoms with van der Waals surface area (Å²) in [6, 6.07) is 0. The fourth-order valence-electron chi connectivity index (χ4n) is 2.17. The molecule has 0 heterocycles. The zero-order chi connectivity index (χ0) is 11.6. The highest BCUT2D eigenvalue weighted by molar-refractivity contribution is 5.69. The molecule has 2 heteroatoms. The van der Waals surface area contributed by atoms with Crippen LogP contribution in [0.15, 0.2) is 11.6 Å². The van der Waals surface area contributed by atoms with E-state index in [9.17, 15) is 4.79 Å². The molecule has 0 atom stereocenters. The molecule has 16 heavy (non-hydrogen) atoms. The zero-order valence-corrected chi connectivity index (χ0v) is 10.5. The zero-order valence-electron chi connectivity index (χ0n) is 10.5.